The molecule has 2 atom stereocenters. The Morgan fingerprint density at radius 3 is 2.35 bits per heavy atom. The van der Waals surface area contributed by atoms with Gasteiger partial charge in [-0.05, 0) is 6.92 Å². The van der Waals surface area contributed by atoms with Crippen LogP contribution >= 0.6 is 11.8 Å². The van der Waals surface area contributed by atoms with E-state index in [0.29, 0.717) is 6.54 Å². The van der Waals surface area contributed by atoms with Crippen LogP contribution < -0.4 is 11.1 Å². The first-order valence-corrected chi connectivity index (χ1v) is 6.02. The number of carboxylic acids is 2. The van der Waals surface area contributed by atoms with Gasteiger partial charge in [0.2, 0.25) is 5.91 Å². The van der Waals surface area contributed by atoms with Gasteiger partial charge < -0.3 is 21.3 Å². The Labute approximate surface area is 103 Å². The second-order valence-electron chi connectivity index (χ2n) is 3.26. The van der Waals surface area contributed by atoms with Crippen molar-refractivity contribution in [1.29, 1.82) is 0 Å². The first-order chi connectivity index (χ1) is 7.88. The van der Waals surface area contributed by atoms with Crippen LogP contribution in [0.4, 0.5) is 0 Å². The lowest BCUT2D eigenvalue weighted by Crippen LogP contribution is -2.37. The number of hydrogen-bond acceptors (Lipinski definition) is 5. The summed E-state index contributed by atoms with van der Waals surface area (Å²) in [5, 5.41) is 18.9. The number of carbonyl (C=O) groups excluding carboxylic acids is 1. The minimum Gasteiger partial charge on any atom is -0.481 e. The molecule has 1 unspecified atom stereocenters. The summed E-state index contributed by atoms with van der Waals surface area (Å²) in [6.07, 6.45) is -0.358. The summed E-state index contributed by atoms with van der Waals surface area (Å²) in [5.41, 5.74) is 5.27. The fourth-order valence-electron chi connectivity index (χ4n) is 0.965. The molecular weight excluding hydrogens is 248 g/mol. The molecule has 0 radical (unpaired) electrons. The van der Waals surface area contributed by atoms with Gasteiger partial charge in [-0.2, -0.15) is 0 Å². The van der Waals surface area contributed by atoms with E-state index < -0.39 is 29.1 Å². The van der Waals surface area contributed by atoms with Crippen LogP contribution in [-0.4, -0.2) is 51.6 Å². The standard InChI is InChI=1S/C9H16N2O5S/c1-2-11-8(14)6(3-7(12)13)17-4-5(10)9(15)16/h5-6H,2-4,10H2,1H3,(H,11,14)(H,12,13)(H,15,16)/t5-,6?/m0/s1. The van der Waals surface area contributed by atoms with Crippen molar-refractivity contribution < 1.29 is 24.6 Å². The number of nitrogens with two attached hydrogens (primary N) is 1. The second-order valence-corrected chi connectivity index (χ2v) is 4.49. The van der Waals surface area contributed by atoms with Crippen LogP contribution in [0.15, 0.2) is 0 Å². The minimum absolute atomic E-state index is 0.00951. The van der Waals surface area contributed by atoms with Crippen LogP contribution in [0.2, 0.25) is 0 Å². The van der Waals surface area contributed by atoms with E-state index in [0.717, 1.165) is 11.8 Å². The largest absolute Gasteiger partial charge is 0.481 e. The van der Waals surface area contributed by atoms with Crippen LogP contribution in [0.3, 0.4) is 0 Å². The molecule has 0 fully saturated rings. The molecule has 0 spiro atoms. The van der Waals surface area contributed by atoms with Crippen molar-refractivity contribution in [2.45, 2.75) is 24.6 Å². The van der Waals surface area contributed by atoms with Crippen molar-refractivity contribution in [1.82, 2.24) is 5.32 Å². The fraction of sp³-hybridized carbons (Fsp3) is 0.667. The molecule has 17 heavy (non-hydrogen) atoms. The Hall–Kier alpha value is -1.28. The summed E-state index contributed by atoms with van der Waals surface area (Å²) in [6.45, 7) is 2.10. The van der Waals surface area contributed by atoms with Crippen LogP contribution in [0.1, 0.15) is 13.3 Å². The van der Waals surface area contributed by atoms with Crippen molar-refractivity contribution in [3.8, 4) is 0 Å². The monoisotopic (exact) mass is 264 g/mol. The smallest absolute Gasteiger partial charge is 0.321 e. The molecule has 0 aliphatic rings. The molecule has 0 rings (SSSR count). The highest BCUT2D eigenvalue weighted by molar-refractivity contribution is 8.00. The molecule has 0 saturated heterocycles. The van der Waals surface area contributed by atoms with Crippen LogP contribution in [-0.2, 0) is 14.4 Å². The van der Waals surface area contributed by atoms with E-state index in [1.165, 1.54) is 0 Å². The molecule has 7 nitrogen and oxygen atoms in total. The maximum atomic E-state index is 11.5. The van der Waals surface area contributed by atoms with Gasteiger partial charge in [0.25, 0.3) is 0 Å². The number of aliphatic carboxylic acids is 2. The highest BCUT2D eigenvalue weighted by Gasteiger charge is 2.24. The molecule has 5 N–H and O–H groups in total. The maximum absolute atomic E-state index is 11.5. The van der Waals surface area contributed by atoms with Crippen LogP contribution in [0.5, 0.6) is 0 Å². The normalized spacial score (nSPS) is 13.8. The molecule has 1 amide bonds. The van der Waals surface area contributed by atoms with Crippen molar-refractivity contribution in [3.05, 3.63) is 0 Å². The summed E-state index contributed by atoms with van der Waals surface area (Å²) in [5.74, 6) is -2.72. The third-order valence-electron chi connectivity index (χ3n) is 1.80. The summed E-state index contributed by atoms with van der Waals surface area (Å²) in [7, 11) is 0. The molecule has 0 aliphatic carbocycles. The lowest BCUT2D eigenvalue weighted by molar-refractivity contribution is -0.138. The number of amides is 1. The lowest BCUT2D eigenvalue weighted by atomic mass is 10.3. The second kappa shape index (κ2) is 7.91. The molecule has 0 aromatic carbocycles. The van der Waals surface area contributed by atoms with Gasteiger partial charge in [0.15, 0.2) is 0 Å². The van der Waals surface area contributed by atoms with Gasteiger partial charge in [-0.1, -0.05) is 0 Å². The van der Waals surface area contributed by atoms with Crippen molar-refractivity contribution in [2.24, 2.45) is 5.73 Å². The van der Waals surface area contributed by atoms with E-state index in [4.69, 9.17) is 15.9 Å². The van der Waals surface area contributed by atoms with Gasteiger partial charge in [-0.3, -0.25) is 14.4 Å². The molecule has 0 aliphatic heterocycles. The number of carbonyl (C=O) groups is 3. The minimum atomic E-state index is -1.18. The summed E-state index contributed by atoms with van der Waals surface area (Å²) in [4.78, 5) is 32.5. The lowest BCUT2D eigenvalue weighted by Gasteiger charge is -2.15. The highest BCUT2D eigenvalue weighted by atomic mass is 32.2. The van der Waals surface area contributed by atoms with Crippen molar-refractivity contribution >= 4 is 29.6 Å². The Morgan fingerprint density at radius 1 is 1.35 bits per heavy atom. The zero-order valence-corrected chi connectivity index (χ0v) is 10.2. The van der Waals surface area contributed by atoms with Crippen molar-refractivity contribution in [3.63, 3.8) is 0 Å². The van der Waals surface area contributed by atoms with E-state index in [-0.39, 0.29) is 12.2 Å². The fourth-order valence-corrected chi connectivity index (χ4v) is 2.04. The van der Waals surface area contributed by atoms with Crippen molar-refractivity contribution in [2.75, 3.05) is 12.3 Å². The zero-order valence-electron chi connectivity index (χ0n) is 9.38. The molecule has 0 saturated carbocycles. The van der Waals surface area contributed by atoms with Gasteiger partial charge in [-0.15, -0.1) is 11.8 Å². The number of carboxylic acid groups (broad SMARTS) is 2. The van der Waals surface area contributed by atoms with Crippen LogP contribution in [0, 0.1) is 0 Å². The average Bonchev–Trinajstić information content (AvgIpc) is 2.23. The van der Waals surface area contributed by atoms with Gasteiger partial charge in [0.1, 0.15) is 6.04 Å². The third-order valence-corrected chi connectivity index (χ3v) is 3.13. The number of thioether (sulfide) groups is 1. The Kier molecular flexibility index (Phi) is 7.31. The van der Waals surface area contributed by atoms with E-state index >= 15 is 0 Å². The van der Waals surface area contributed by atoms with E-state index in [2.05, 4.69) is 5.32 Å². The molecule has 0 aromatic heterocycles. The number of hydrogen-bond donors (Lipinski definition) is 4. The summed E-state index contributed by atoms with van der Waals surface area (Å²) < 4.78 is 0. The zero-order chi connectivity index (χ0) is 13.4. The van der Waals surface area contributed by atoms with Gasteiger partial charge in [0, 0.05) is 12.3 Å². The number of rotatable bonds is 8. The van der Waals surface area contributed by atoms with E-state index in [9.17, 15) is 14.4 Å². The first kappa shape index (κ1) is 15.7. The molecule has 0 heterocycles. The Morgan fingerprint density at radius 2 is 1.94 bits per heavy atom. The summed E-state index contributed by atoms with van der Waals surface area (Å²) >= 11 is 0.936. The topological polar surface area (TPSA) is 130 Å². The average molecular weight is 264 g/mol. The van der Waals surface area contributed by atoms with Crippen LogP contribution in [0.25, 0.3) is 0 Å². The van der Waals surface area contributed by atoms with Gasteiger partial charge in [-0.25, -0.2) is 0 Å². The van der Waals surface area contributed by atoms with E-state index in [1.807, 2.05) is 0 Å². The third kappa shape index (κ3) is 6.80. The Balaban J connectivity index is 4.33. The molecule has 8 heteroatoms. The van der Waals surface area contributed by atoms with Gasteiger partial charge in [0.05, 0.1) is 11.7 Å². The molecule has 98 valence electrons. The quantitative estimate of drug-likeness (QED) is 0.447. The predicted octanol–water partition coefficient (Wildman–Crippen LogP) is -0.889. The Bertz CT molecular complexity index is 297. The molecular formula is C9H16N2O5S. The predicted molar refractivity (Wildman–Crippen MR) is 62.8 cm³/mol. The first-order valence-electron chi connectivity index (χ1n) is 4.98. The number of nitrogens with one attached hydrogen (secondary N) is 1. The SMILES string of the molecule is CCNC(=O)C(CC(=O)O)SC[C@H](N)C(=O)O. The maximum Gasteiger partial charge on any atom is 0.321 e. The van der Waals surface area contributed by atoms with E-state index in [1.54, 1.807) is 6.92 Å². The highest BCUT2D eigenvalue weighted by Crippen LogP contribution is 2.16. The molecule has 0 aromatic rings. The van der Waals surface area contributed by atoms with Gasteiger partial charge >= 0.3 is 11.9 Å². The molecule has 0 bridgehead atoms. The summed E-state index contributed by atoms with van der Waals surface area (Å²) in [6, 6.07) is -1.11.